The molecule has 6 heteroatoms. The molecule has 0 aromatic heterocycles. The molecule has 0 spiro atoms. The molecule has 1 atom stereocenters. The molecule has 3 rings (SSSR count). The molecule has 5 nitrogen and oxygen atoms in total. The molecule has 0 radical (unpaired) electrons. The molecule has 1 amide bonds. The molecule has 1 heterocycles. The van der Waals surface area contributed by atoms with E-state index in [9.17, 15) is 4.79 Å². The maximum atomic E-state index is 12.2. The van der Waals surface area contributed by atoms with E-state index in [0.29, 0.717) is 41.2 Å². The van der Waals surface area contributed by atoms with Crippen molar-refractivity contribution in [3.63, 3.8) is 0 Å². The van der Waals surface area contributed by atoms with Gasteiger partial charge in [0.25, 0.3) is 5.91 Å². The molecule has 0 saturated carbocycles. The van der Waals surface area contributed by atoms with Crippen molar-refractivity contribution in [3.05, 3.63) is 47.5 Å². The van der Waals surface area contributed by atoms with Gasteiger partial charge in [-0.2, -0.15) is 0 Å². The lowest BCUT2D eigenvalue weighted by Gasteiger charge is -2.19. The number of ether oxygens (including phenoxy) is 3. The number of hydrogen-bond donors (Lipinski definition) is 1. The molecule has 1 N–H and O–H groups in total. The fourth-order valence-corrected chi connectivity index (χ4v) is 2.26. The normalized spacial score (nSPS) is 14.0. The van der Waals surface area contributed by atoms with Gasteiger partial charge in [-0.05, 0) is 43.3 Å². The SMILES string of the molecule is C[C@@H](Oc1ccc(Cl)cc1)C(=O)Nc1ccc2c(c1)OCCO2. The van der Waals surface area contributed by atoms with E-state index in [1.807, 2.05) is 0 Å². The van der Waals surface area contributed by atoms with Crippen molar-refractivity contribution in [1.82, 2.24) is 0 Å². The third-order valence-corrected chi connectivity index (χ3v) is 3.56. The van der Waals surface area contributed by atoms with Gasteiger partial charge in [0.15, 0.2) is 17.6 Å². The second kappa shape index (κ2) is 6.79. The Morgan fingerprint density at radius 3 is 2.57 bits per heavy atom. The highest BCUT2D eigenvalue weighted by Gasteiger charge is 2.17. The minimum atomic E-state index is -0.649. The van der Waals surface area contributed by atoms with Gasteiger partial charge in [0.2, 0.25) is 0 Å². The van der Waals surface area contributed by atoms with Crippen molar-refractivity contribution in [1.29, 1.82) is 0 Å². The zero-order valence-electron chi connectivity index (χ0n) is 12.5. The van der Waals surface area contributed by atoms with Gasteiger partial charge in [0.1, 0.15) is 19.0 Å². The maximum Gasteiger partial charge on any atom is 0.265 e. The highest BCUT2D eigenvalue weighted by molar-refractivity contribution is 6.30. The number of nitrogens with one attached hydrogen (secondary N) is 1. The lowest BCUT2D eigenvalue weighted by atomic mass is 10.2. The third kappa shape index (κ3) is 3.87. The van der Waals surface area contributed by atoms with Crippen molar-refractivity contribution in [2.45, 2.75) is 13.0 Å². The highest BCUT2D eigenvalue weighted by atomic mass is 35.5. The Morgan fingerprint density at radius 2 is 1.83 bits per heavy atom. The van der Waals surface area contributed by atoms with Crippen LogP contribution in [0.25, 0.3) is 0 Å². The van der Waals surface area contributed by atoms with E-state index in [1.54, 1.807) is 49.4 Å². The minimum absolute atomic E-state index is 0.253. The van der Waals surface area contributed by atoms with Crippen LogP contribution < -0.4 is 19.5 Å². The summed E-state index contributed by atoms with van der Waals surface area (Å²) in [6.45, 7) is 2.72. The summed E-state index contributed by atoms with van der Waals surface area (Å²) in [7, 11) is 0. The molecular weight excluding hydrogens is 318 g/mol. The lowest BCUT2D eigenvalue weighted by molar-refractivity contribution is -0.122. The lowest BCUT2D eigenvalue weighted by Crippen LogP contribution is -2.30. The van der Waals surface area contributed by atoms with Crippen LogP contribution in [-0.4, -0.2) is 25.2 Å². The Bertz CT molecular complexity index is 702. The zero-order valence-corrected chi connectivity index (χ0v) is 13.3. The van der Waals surface area contributed by atoms with Crippen LogP contribution in [0.4, 0.5) is 5.69 Å². The van der Waals surface area contributed by atoms with Crippen molar-refractivity contribution in [2.75, 3.05) is 18.5 Å². The fraction of sp³-hybridized carbons (Fsp3) is 0.235. The Hall–Kier alpha value is -2.40. The first-order valence-corrected chi connectivity index (χ1v) is 7.62. The van der Waals surface area contributed by atoms with E-state index in [-0.39, 0.29) is 5.91 Å². The standard InChI is InChI=1S/C17H16ClNO4/c1-11(23-14-5-2-12(18)3-6-14)17(20)19-13-4-7-15-16(10-13)22-9-8-21-15/h2-7,10-11H,8-9H2,1H3,(H,19,20)/t11-/m1/s1. The molecule has 1 aliphatic heterocycles. The number of hydrogen-bond acceptors (Lipinski definition) is 4. The third-order valence-electron chi connectivity index (χ3n) is 3.31. The monoisotopic (exact) mass is 333 g/mol. The molecule has 0 bridgehead atoms. The van der Waals surface area contributed by atoms with E-state index >= 15 is 0 Å². The first-order chi connectivity index (χ1) is 11.1. The Kier molecular flexibility index (Phi) is 4.57. The second-order valence-corrected chi connectivity index (χ2v) is 5.50. The topological polar surface area (TPSA) is 56.8 Å². The van der Waals surface area contributed by atoms with Gasteiger partial charge >= 0.3 is 0 Å². The van der Waals surface area contributed by atoms with E-state index in [1.165, 1.54) is 0 Å². The number of anilines is 1. The van der Waals surface area contributed by atoms with Crippen LogP contribution in [-0.2, 0) is 4.79 Å². The van der Waals surface area contributed by atoms with Crippen molar-refractivity contribution in [2.24, 2.45) is 0 Å². The molecule has 0 aliphatic carbocycles. The van der Waals surface area contributed by atoms with Crippen LogP contribution >= 0.6 is 11.6 Å². The summed E-state index contributed by atoms with van der Waals surface area (Å²) in [6, 6.07) is 12.1. The largest absolute Gasteiger partial charge is 0.486 e. The van der Waals surface area contributed by atoms with Crippen LogP contribution in [0.2, 0.25) is 5.02 Å². The predicted octanol–water partition coefficient (Wildman–Crippen LogP) is 3.52. The molecule has 0 fully saturated rings. The van der Waals surface area contributed by atoms with Gasteiger partial charge in [-0.1, -0.05) is 11.6 Å². The smallest absolute Gasteiger partial charge is 0.265 e. The number of amides is 1. The predicted molar refractivity (Wildman–Crippen MR) is 87.6 cm³/mol. The number of carbonyl (C=O) groups is 1. The van der Waals surface area contributed by atoms with Gasteiger partial charge in [-0.15, -0.1) is 0 Å². The van der Waals surface area contributed by atoms with Gasteiger partial charge in [0.05, 0.1) is 0 Å². The fourth-order valence-electron chi connectivity index (χ4n) is 2.14. The summed E-state index contributed by atoms with van der Waals surface area (Å²) in [5.74, 6) is 1.64. The number of halogens is 1. The summed E-state index contributed by atoms with van der Waals surface area (Å²) in [6.07, 6.45) is -0.649. The summed E-state index contributed by atoms with van der Waals surface area (Å²) < 4.78 is 16.5. The van der Waals surface area contributed by atoms with Crippen molar-refractivity contribution < 1.29 is 19.0 Å². The van der Waals surface area contributed by atoms with Gasteiger partial charge in [-0.25, -0.2) is 0 Å². The summed E-state index contributed by atoms with van der Waals surface area (Å²) in [5.41, 5.74) is 0.630. The number of fused-ring (bicyclic) bond motifs is 1. The van der Waals surface area contributed by atoms with E-state index in [2.05, 4.69) is 5.32 Å². The molecular formula is C17H16ClNO4. The summed E-state index contributed by atoms with van der Waals surface area (Å²) in [4.78, 5) is 12.2. The molecule has 2 aromatic carbocycles. The molecule has 0 saturated heterocycles. The number of carbonyl (C=O) groups excluding carboxylic acids is 1. The minimum Gasteiger partial charge on any atom is -0.486 e. The Balaban J connectivity index is 1.63. The molecule has 0 unspecified atom stereocenters. The van der Waals surface area contributed by atoms with Gasteiger partial charge < -0.3 is 19.5 Å². The first kappa shape index (κ1) is 15.5. The van der Waals surface area contributed by atoms with Crippen LogP contribution in [0.1, 0.15) is 6.92 Å². The Morgan fingerprint density at radius 1 is 1.13 bits per heavy atom. The number of rotatable bonds is 4. The quantitative estimate of drug-likeness (QED) is 0.930. The van der Waals surface area contributed by atoms with Crippen molar-refractivity contribution in [3.8, 4) is 17.2 Å². The van der Waals surface area contributed by atoms with Crippen molar-refractivity contribution >= 4 is 23.2 Å². The summed E-state index contributed by atoms with van der Waals surface area (Å²) in [5, 5.41) is 3.41. The average molecular weight is 334 g/mol. The van der Waals surface area contributed by atoms with Crippen LogP contribution in [0.3, 0.4) is 0 Å². The van der Waals surface area contributed by atoms with E-state index < -0.39 is 6.10 Å². The molecule has 23 heavy (non-hydrogen) atoms. The molecule has 120 valence electrons. The average Bonchev–Trinajstić information content (AvgIpc) is 2.56. The molecule has 2 aromatic rings. The number of benzene rings is 2. The van der Waals surface area contributed by atoms with Gasteiger partial charge in [-0.3, -0.25) is 4.79 Å². The first-order valence-electron chi connectivity index (χ1n) is 7.24. The van der Waals surface area contributed by atoms with Crippen LogP contribution in [0.15, 0.2) is 42.5 Å². The van der Waals surface area contributed by atoms with E-state index in [4.69, 9.17) is 25.8 Å². The molecule has 1 aliphatic rings. The maximum absolute atomic E-state index is 12.2. The van der Waals surface area contributed by atoms with Crippen LogP contribution in [0.5, 0.6) is 17.2 Å². The van der Waals surface area contributed by atoms with Gasteiger partial charge in [0, 0.05) is 16.8 Å². The van der Waals surface area contributed by atoms with E-state index in [0.717, 1.165) is 0 Å². The summed E-state index contributed by atoms with van der Waals surface area (Å²) >= 11 is 5.82. The Labute approximate surface area is 139 Å². The highest BCUT2D eigenvalue weighted by Crippen LogP contribution is 2.32. The zero-order chi connectivity index (χ0) is 16.2. The van der Waals surface area contributed by atoms with Crippen LogP contribution in [0, 0.1) is 0 Å². The second-order valence-electron chi connectivity index (χ2n) is 5.06.